The molecule has 2 fully saturated rings. The van der Waals surface area contributed by atoms with Crippen LogP contribution in [0.5, 0.6) is 0 Å². The standard InChI is InChI=1S/C28H47NO4.C13H14N2.C9H19NO.2C2H6/c1-11-13-20(6)24(14-15-32-18(3)4)23(9)26-28(10,16-25(30)29-26)17-33-27(31)22(8)21(7)19(5)12-2;1-14-10-11-5-7-12(8-6-11)13-4-2-3-9-15-13;1-7-4-8(10(2)3)6-9(11)5-7;2*1-2/h14,19-20,22-23,26H,3,7,11-13,15-17H2,1-2,4-6,8-10H3,(H,29,30);2-9,14H,10H2,1H3;7-9,11H,4-6H2,1-3H3;2*1-2H3/b24-14+;;;;/t19-,20-,22?,23?,26?,28-;;;;/m1..../s1. The summed E-state index contributed by atoms with van der Waals surface area (Å²) in [6.07, 6.45) is 10.5. The van der Waals surface area contributed by atoms with Crippen LogP contribution < -0.4 is 10.6 Å². The first-order chi connectivity index (χ1) is 29.9. The third-order valence-electron chi connectivity index (χ3n) is 12.2. The fourth-order valence-electron chi connectivity index (χ4n) is 8.34. The van der Waals surface area contributed by atoms with Gasteiger partial charge in [0.1, 0.15) is 6.61 Å². The molecule has 0 bridgehead atoms. The highest BCUT2D eigenvalue weighted by atomic mass is 16.5. The number of aliphatic hydroxyl groups excluding tert-OH is 1. The summed E-state index contributed by atoms with van der Waals surface area (Å²) in [7, 11) is 6.14. The summed E-state index contributed by atoms with van der Waals surface area (Å²) in [5, 5.41) is 15.8. The van der Waals surface area contributed by atoms with Gasteiger partial charge in [-0.1, -0.05) is 137 Å². The molecule has 63 heavy (non-hydrogen) atoms. The molecule has 0 spiro atoms. The second-order valence-corrected chi connectivity index (χ2v) is 17.8. The number of nitrogens with one attached hydrogen (secondary N) is 2. The molecule has 1 aliphatic heterocycles. The van der Waals surface area contributed by atoms with Crippen LogP contribution in [0.1, 0.15) is 141 Å². The maximum Gasteiger partial charge on any atom is 0.312 e. The zero-order valence-electron chi connectivity index (χ0n) is 42.8. The van der Waals surface area contributed by atoms with Crippen LogP contribution in [0.25, 0.3) is 11.3 Å². The lowest BCUT2D eigenvalue weighted by molar-refractivity contribution is -0.150. The molecule has 2 heterocycles. The minimum Gasteiger partial charge on any atom is -0.495 e. The minimum absolute atomic E-state index is 0.00291. The Bertz CT molecular complexity index is 1600. The van der Waals surface area contributed by atoms with Crippen LogP contribution in [0.3, 0.4) is 0 Å². The molecule has 6 unspecified atom stereocenters. The van der Waals surface area contributed by atoms with Gasteiger partial charge in [-0.05, 0) is 115 Å². The van der Waals surface area contributed by atoms with Crippen LogP contribution in [0.2, 0.25) is 0 Å². The number of carbonyl (C=O) groups is 2. The van der Waals surface area contributed by atoms with Crippen molar-refractivity contribution in [1.82, 2.24) is 20.5 Å². The minimum atomic E-state index is -0.482. The summed E-state index contributed by atoms with van der Waals surface area (Å²) >= 11 is 0. The van der Waals surface area contributed by atoms with Gasteiger partial charge in [-0.15, -0.1) is 0 Å². The lowest BCUT2D eigenvalue weighted by Crippen LogP contribution is -2.45. The van der Waals surface area contributed by atoms with E-state index in [-0.39, 0.29) is 48.4 Å². The average molecular weight is 877 g/mol. The highest BCUT2D eigenvalue weighted by Crippen LogP contribution is 2.41. The largest absolute Gasteiger partial charge is 0.495 e. The van der Waals surface area contributed by atoms with Crippen molar-refractivity contribution in [3.63, 3.8) is 0 Å². The smallest absolute Gasteiger partial charge is 0.312 e. The number of nitrogens with zero attached hydrogens (tertiary/aromatic N) is 2. The van der Waals surface area contributed by atoms with Crippen molar-refractivity contribution >= 4 is 11.9 Å². The zero-order chi connectivity index (χ0) is 48.3. The summed E-state index contributed by atoms with van der Waals surface area (Å²) < 4.78 is 11.4. The van der Waals surface area contributed by atoms with Gasteiger partial charge in [0.2, 0.25) is 5.91 Å². The van der Waals surface area contributed by atoms with Crippen LogP contribution >= 0.6 is 0 Å². The van der Waals surface area contributed by atoms with Crippen LogP contribution in [-0.4, -0.2) is 79.4 Å². The Hall–Kier alpha value is -3.79. The number of esters is 1. The topological polar surface area (TPSA) is 113 Å². The highest BCUT2D eigenvalue weighted by Gasteiger charge is 2.48. The molecule has 4 rings (SSSR count). The van der Waals surface area contributed by atoms with Crippen LogP contribution in [0.15, 0.2) is 84.8 Å². The van der Waals surface area contributed by atoms with Gasteiger partial charge in [-0.2, -0.15) is 0 Å². The molecule has 9 nitrogen and oxygen atoms in total. The summed E-state index contributed by atoms with van der Waals surface area (Å²) in [5.41, 5.74) is 5.15. The van der Waals surface area contributed by atoms with Gasteiger partial charge in [-0.25, -0.2) is 0 Å². The van der Waals surface area contributed by atoms with E-state index in [1.165, 1.54) is 17.6 Å². The fourth-order valence-corrected chi connectivity index (χ4v) is 8.34. The Labute approximate surface area is 386 Å². The number of amides is 1. The van der Waals surface area contributed by atoms with E-state index in [0.717, 1.165) is 55.5 Å². The van der Waals surface area contributed by atoms with Crippen LogP contribution in [-0.2, 0) is 25.6 Å². The molecule has 9 atom stereocenters. The molecule has 3 N–H and O–H groups in total. The molecule has 1 amide bonds. The zero-order valence-corrected chi connectivity index (χ0v) is 42.8. The molecule has 0 radical (unpaired) electrons. The first kappa shape index (κ1) is 59.2. The van der Waals surface area contributed by atoms with E-state index in [1.807, 2.05) is 79.9 Å². The Balaban J connectivity index is 0.00000104. The van der Waals surface area contributed by atoms with Gasteiger partial charge in [0, 0.05) is 42.2 Å². The Kier molecular flexibility index (Phi) is 30.0. The van der Waals surface area contributed by atoms with Gasteiger partial charge in [-0.3, -0.25) is 14.6 Å². The number of carbonyl (C=O) groups excluding carboxylic acids is 2. The first-order valence-electron chi connectivity index (χ1n) is 24.0. The highest BCUT2D eigenvalue weighted by molar-refractivity contribution is 5.80. The molecule has 1 aromatic heterocycles. The molecule has 9 heteroatoms. The van der Waals surface area contributed by atoms with Crippen LogP contribution in [0.4, 0.5) is 0 Å². The molecule has 358 valence electrons. The van der Waals surface area contributed by atoms with Gasteiger partial charge >= 0.3 is 5.97 Å². The monoisotopic (exact) mass is 877 g/mol. The van der Waals surface area contributed by atoms with Crippen molar-refractivity contribution < 1.29 is 24.2 Å². The van der Waals surface area contributed by atoms with E-state index in [9.17, 15) is 14.7 Å². The summed E-state index contributed by atoms with van der Waals surface area (Å²) in [6.45, 7) is 36.2. The molecular weight excluding hydrogens is 785 g/mol. The molecular formula is C54H92N4O5. The number of aromatic nitrogens is 1. The molecule has 1 aromatic carbocycles. The first-order valence-corrected chi connectivity index (χ1v) is 24.0. The van der Waals surface area contributed by atoms with E-state index in [4.69, 9.17) is 9.47 Å². The molecule has 1 saturated carbocycles. The SMILES string of the molecule is C=C(C)OC/C=C(/C(C)C1NC(=O)C[C@]1(C)COC(=O)C(C)C(=C)[C@H](C)CC)[C@H](C)CCC.CC.CC.CC1CC(O)CC(N(C)C)C1.CNCc1ccc(-c2ccccn2)cc1. The third kappa shape index (κ3) is 21.2. The second kappa shape index (κ2) is 32.0. The quantitative estimate of drug-likeness (QED) is 0.0771. The van der Waals surface area contributed by atoms with Crippen molar-refractivity contribution in [3.05, 3.63) is 90.4 Å². The number of benzene rings is 1. The van der Waals surface area contributed by atoms with E-state index in [2.05, 4.69) is 120 Å². The van der Waals surface area contributed by atoms with Gasteiger partial charge in [0.25, 0.3) is 0 Å². The predicted molar refractivity (Wildman–Crippen MR) is 267 cm³/mol. The Morgan fingerprint density at radius 3 is 2.14 bits per heavy atom. The molecule has 2 aliphatic rings. The maximum atomic E-state index is 12.8. The number of aliphatic hydroxyl groups is 1. The Morgan fingerprint density at radius 2 is 1.63 bits per heavy atom. The summed E-state index contributed by atoms with van der Waals surface area (Å²) in [5.74, 6) is 1.46. The molecule has 1 aliphatic carbocycles. The van der Waals surface area contributed by atoms with E-state index in [0.29, 0.717) is 36.7 Å². The number of ether oxygens (including phenoxy) is 2. The Morgan fingerprint density at radius 1 is 1.00 bits per heavy atom. The van der Waals surface area contributed by atoms with Crippen LogP contribution in [0, 0.1) is 35.0 Å². The number of hydrogen-bond acceptors (Lipinski definition) is 8. The molecule has 2 aromatic rings. The fraction of sp³-hybridized carbons (Fsp3) is 0.648. The number of rotatable bonds is 18. The van der Waals surface area contributed by atoms with Crippen molar-refractivity contribution in [2.45, 2.75) is 160 Å². The third-order valence-corrected chi connectivity index (χ3v) is 12.2. The predicted octanol–water partition coefficient (Wildman–Crippen LogP) is 11.8. The lowest BCUT2D eigenvalue weighted by atomic mass is 9.72. The van der Waals surface area contributed by atoms with Gasteiger partial charge < -0.3 is 30.1 Å². The van der Waals surface area contributed by atoms with Crippen molar-refractivity contribution in [2.24, 2.45) is 35.0 Å². The average Bonchev–Trinajstić information content (AvgIpc) is 3.58. The van der Waals surface area contributed by atoms with E-state index >= 15 is 0 Å². The summed E-state index contributed by atoms with van der Waals surface area (Å²) in [4.78, 5) is 31.8. The lowest BCUT2D eigenvalue weighted by Gasteiger charge is -2.37. The van der Waals surface area contributed by atoms with Crippen molar-refractivity contribution in [3.8, 4) is 11.3 Å². The number of hydrogen-bond donors (Lipinski definition) is 3. The van der Waals surface area contributed by atoms with E-state index in [1.54, 1.807) is 0 Å². The normalized spacial score (nSPS) is 22.3. The summed E-state index contributed by atoms with van der Waals surface area (Å²) in [6, 6.07) is 14.9. The van der Waals surface area contributed by atoms with Crippen molar-refractivity contribution in [2.75, 3.05) is 34.4 Å². The second-order valence-electron chi connectivity index (χ2n) is 17.8. The maximum absolute atomic E-state index is 12.8. The number of allylic oxidation sites excluding steroid dienone is 1. The van der Waals surface area contributed by atoms with Gasteiger partial charge in [0.15, 0.2) is 0 Å². The van der Waals surface area contributed by atoms with Crippen molar-refractivity contribution in [1.29, 1.82) is 0 Å². The number of pyridine rings is 1. The van der Waals surface area contributed by atoms with E-state index < -0.39 is 5.41 Å². The van der Waals surface area contributed by atoms with Gasteiger partial charge in [0.05, 0.1) is 30.1 Å². The molecule has 1 saturated heterocycles.